The highest BCUT2D eigenvalue weighted by Gasteiger charge is 2.59. The van der Waals surface area contributed by atoms with E-state index >= 15 is 0 Å². The number of rotatable bonds is 4. The van der Waals surface area contributed by atoms with Gasteiger partial charge in [-0.05, 0) is 104 Å². The number of amides is 2. The van der Waals surface area contributed by atoms with E-state index in [1.54, 1.807) is 41.5 Å². The molecule has 0 saturated heterocycles. The maximum atomic E-state index is 13.1. The average Bonchev–Trinajstić information content (AvgIpc) is 2.54. The molecule has 3 atom stereocenters. The predicted octanol–water partition coefficient (Wildman–Crippen LogP) is 4.42. The number of nitrogens with zero attached hydrogens (tertiary/aromatic N) is 1. The van der Waals surface area contributed by atoms with E-state index in [4.69, 9.17) is 14.2 Å². The molecule has 4 bridgehead atoms. The van der Waals surface area contributed by atoms with Crippen molar-refractivity contribution in [3.05, 3.63) is 0 Å². The summed E-state index contributed by atoms with van der Waals surface area (Å²) in [4.78, 5) is 40.0. The monoisotopic (exact) mass is 453 g/mol. The lowest BCUT2D eigenvalue weighted by molar-refractivity contribution is -0.175. The van der Waals surface area contributed by atoms with Crippen LogP contribution in [-0.2, 0) is 19.0 Å². The summed E-state index contributed by atoms with van der Waals surface area (Å²) in [5.41, 5.74) is -2.80. The van der Waals surface area contributed by atoms with E-state index < -0.39 is 41.0 Å². The third-order valence-corrected chi connectivity index (χ3v) is 6.74. The number of carbonyl (C=O) groups is 3. The molecule has 8 nitrogen and oxygen atoms in total. The van der Waals surface area contributed by atoms with E-state index in [1.807, 2.05) is 0 Å². The van der Waals surface area contributed by atoms with Crippen molar-refractivity contribution in [3.63, 3.8) is 0 Å². The standard InChI is InChI=1S/C24H39NO7/c1-21(2,3)31-19(27)25(20(28)32-22(4,5)6)17(18(26)30-7)13-23-9-15-8-16(10-23)12-24(29,11-15)14-23/h15-17,29H,8-14H2,1-7H3. The third-order valence-electron chi connectivity index (χ3n) is 6.74. The van der Waals surface area contributed by atoms with Crippen LogP contribution in [0.3, 0.4) is 0 Å². The van der Waals surface area contributed by atoms with Crippen molar-refractivity contribution >= 4 is 18.2 Å². The first kappa shape index (κ1) is 24.8. The second-order valence-corrected chi connectivity index (χ2v) is 12.3. The fourth-order valence-electron chi connectivity index (χ4n) is 6.42. The predicted molar refractivity (Wildman–Crippen MR) is 117 cm³/mol. The molecule has 182 valence electrons. The normalized spacial score (nSPS) is 32.2. The summed E-state index contributed by atoms with van der Waals surface area (Å²) in [5.74, 6) is 0.108. The van der Waals surface area contributed by atoms with Crippen molar-refractivity contribution < 1.29 is 33.7 Å². The quantitative estimate of drug-likeness (QED) is 0.496. The maximum Gasteiger partial charge on any atom is 0.420 e. The number of imide groups is 1. The number of ether oxygens (including phenoxy) is 3. The Morgan fingerprint density at radius 2 is 1.41 bits per heavy atom. The Kier molecular flexibility index (Phi) is 6.35. The third kappa shape index (κ3) is 5.56. The summed E-state index contributed by atoms with van der Waals surface area (Å²) in [6, 6.07) is -1.19. The second kappa shape index (κ2) is 8.19. The molecule has 32 heavy (non-hydrogen) atoms. The van der Waals surface area contributed by atoms with Crippen LogP contribution < -0.4 is 0 Å². The first-order valence-corrected chi connectivity index (χ1v) is 11.6. The number of carbonyl (C=O) groups excluding carboxylic acids is 3. The molecule has 4 fully saturated rings. The fraction of sp³-hybridized carbons (Fsp3) is 0.875. The summed E-state index contributed by atoms with van der Waals surface area (Å²) in [6.07, 6.45) is 3.33. The van der Waals surface area contributed by atoms with E-state index in [0.29, 0.717) is 18.3 Å². The Labute approximate surface area is 190 Å². The highest BCUT2D eigenvalue weighted by atomic mass is 16.6. The molecular formula is C24H39NO7. The van der Waals surface area contributed by atoms with Crippen molar-refractivity contribution in [1.29, 1.82) is 0 Å². The van der Waals surface area contributed by atoms with Gasteiger partial charge in [-0.3, -0.25) is 0 Å². The summed E-state index contributed by atoms with van der Waals surface area (Å²) >= 11 is 0. The Morgan fingerprint density at radius 3 is 1.78 bits per heavy atom. The summed E-state index contributed by atoms with van der Waals surface area (Å²) in [7, 11) is 1.24. The molecule has 4 rings (SSSR count). The summed E-state index contributed by atoms with van der Waals surface area (Å²) < 4.78 is 16.0. The number of hydrogen-bond acceptors (Lipinski definition) is 7. The fourth-order valence-corrected chi connectivity index (χ4v) is 6.42. The van der Waals surface area contributed by atoms with Crippen LogP contribution in [0.5, 0.6) is 0 Å². The molecule has 4 aliphatic carbocycles. The molecule has 0 aromatic rings. The Balaban J connectivity index is 1.94. The second-order valence-electron chi connectivity index (χ2n) is 12.3. The molecule has 0 aromatic heterocycles. The molecular weight excluding hydrogens is 414 g/mol. The van der Waals surface area contributed by atoms with Crippen LogP contribution in [0.4, 0.5) is 9.59 Å². The maximum absolute atomic E-state index is 13.1. The van der Waals surface area contributed by atoms with Crippen LogP contribution in [0.2, 0.25) is 0 Å². The smallest absolute Gasteiger partial charge is 0.420 e. The van der Waals surface area contributed by atoms with E-state index in [1.165, 1.54) is 7.11 Å². The average molecular weight is 454 g/mol. The SMILES string of the molecule is COC(=O)C(CC12CC3CC(CC(O)(C3)C1)C2)N(C(=O)OC(C)(C)C)C(=O)OC(C)(C)C. The Morgan fingerprint density at radius 1 is 0.938 bits per heavy atom. The Hall–Kier alpha value is -1.83. The van der Waals surface area contributed by atoms with Gasteiger partial charge in [0.2, 0.25) is 0 Å². The molecule has 0 aromatic carbocycles. The zero-order valence-electron chi connectivity index (χ0n) is 20.5. The van der Waals surface area contributed by atoms with Crippen LogP contribution in [0.15, 0.2) is 0 Å². The minimum atomic E-state index is -1.19. The minimum absolute atomic E-state index is 0.230. The number of hydrogen-bond donors (Lipinski definition) is 1. The highest BCUT2D eigenvalue weighted by molar-refractivity contribution is 5.94. The van der Waals surface area contributed by atoms with Gasteiger partial charge in [-0.2, -0.15) is 4.90 Å². The molecule has 0 heterocycles. The lowest BCUT2D eigenvalue weighted by Crippen LogP contribution is -2.59. The van der Waals surface area contributed by atoms with Crippen LogP contribution in [-0.4, -0.2) is 58.1 Å². The zero-order valence-corrected chi connectivity index (χ0v) is 20.5. The first-order valence-electron chi connectivity index (χ1n) is 11.6. The van der Waals surface area contributed by atoms with Gasteiger partial charge in [-0.15, -0.1) is 0 Å². The van der Waals surface area contributed by atoms with Crippen molar-refractivity contribution in [2.75, 3.05) is 7.11 Å². The van der Waals surface area contributed by atoms with Crippen molar-refractivity contribution in [2.24, 2.45) is 17.3 Å². The van der Waals surface area contributed by atoms with E-state index in [0.717, 1.165) is 37.0 Å². The minimum Gasteiger partial charge on any atom is -0.467 e. The molecule has 2 amide bonds. The van der Waals surface area contributed by atoms with Gasteiger partial charge in [-0.1, -0.05) is 0 Å². The van der Waals surface area contributed by atoms with Crippen molar-refractivity contribution in [3.8, 4) is 0 Å². The largest absolute Gasteiger partial charge is 0.467 e. The topological polar surface area (TPSA) is 102 Å². The zero-order chi connectivity index (χ0) is 24.1. The van der Waals surface area contributed by atoms with Gasteiger partial charge in [0.15, 0.2) is 0 Å². The number of esters is 1. The van der Waals surface area contributed by atoms with Crippen molar-refractivity contribution in [1.82, 2.24) is 4.90 Å². The van der Waals surface area contributed by atoms with Crippen LogP contribution >= 0.6 is 0 Å². The molecule has 8 heteroatoms. The lowest BCUT2D eigenvalue weighted by Gasteiger charge is -2.61. The van der Waals surface area contributed by atoms with E-state index in [2.05, 4.69) is 0 Å². The van der Waals surface area contributed by atoms with E-state index in [-0.39, 0.29) is 11.8 Å². The summed E-state index contributed by atoms with van der Waals surface area (Å²) in [5, 5.41) is 11.1. The molecule has 0 radical (unpaired) electrons. The highest BCUT2D eigenvalue weighted by Crippen LogP contribution is 2.63. The van der Waals surface area contributed by atoms with Gasteiger partial charge in [0.1, 0.15) is 17.2 Å². The van der Waals surface area contributed by atoms with Gasteiger partial charge in [0.25, 0.3) is 0 Å². The molecule has 4 saturated carbocycles. The van der Waals surface area contributed by atoms with Crippen LogP contribution in [0.1, 0.15) is 86.5 Å². The van der Waals surface area contributed by atoms with Crippen molar-refractivity contribution in [2.45, 2.75) is 109 Å². The van der Waals surface area contributed by atoms with Crippen LogP contribution in [0, 0.1) is 17.3 Å². The molecule has 0 aliphatic heterocycles. The number of aliphatic hydroxyl groups is 1. The van der Waals surface area contributed by atoms with E-state index in [9.17, 15) is 19.5 Å². The Bertz CT molecular complexity index is 721. The number of methoxy groups -OCH3 is 1. The molecule has 1 N–H and O–H groups in total. The molecule has 4 aliphatic rings. The lowest BCUT2D eigenvalue weighted by atomic mass is 9.47. The van der Waals surface area contributed by atoms with Gasteiger partial charge in [-0.25, -0.2) is 14.4 Å². The summed E-state index contributed by atoms with van der Waals surface area (Å²) in [6.45, 7) is 10.2. The van der Waals surface area contributed by atoms with Crippen LogP contribution in [0.25, 0.3) is 0 Å². The molecule has 3 unspecified atom stereocenters. The molecule has 0 spiro atoms. The van der Waals surface area contributed by atoms with Gasteiger partial charge < -0.3 is 19.3 Å². The first-order chi connectivity index (χ1) is 14.5. The van der Waals surface area contributed by atoms with Gasteiger partial charge in [0, 0.05) is 0 Å². The van der Waals surface area contributed by atoms with Gasteiger partial charge in [0.05, 0.1) is 12.7 Å². The van der Waals surface area contributed by atoms with Gasteiger partial charge >= 0.3 is 18.2 Å².